The molecule has 0 fully saturated rings. The van der Waals surface area contributed by atoms with Crippen LogP contribution in [0.2, 0.25) is 5.02 Å². The van der Waals surface area contributed by atoms with Crippen molar-refractivity contribution in [2.45, 2.75) is 38.2 Å². The Kier molecular flexibility index (Phi) is 3.25. The van der Waals surface area contributed by atoms with Gasteiger partial charge in [-0.05, 0) is 49.6 Å². The van der Waals surface area contributed by atoms with Gasteiger partial charge < -0.3 is 4.74 Å². The first-order valence-electron chi connectivity index (χ1n) is 7.00. The minimum Gasteiger partial charge on any atom is -0.487 e. The van der Waals surface area contributed by atoms with E-state index in [1.807, 2.05) is 12.1 Å². The molecule has 1 aromatic rings. The summed E-state index contributed by atoms with van der Waals surface area (Å²) >= 11 is 5.99. The molecule has 0 spiro atoms. The quantitative estimate of drug-likeness (QED) is 0.672. The first-order valence-corrected chi connectivity index (χ1v) is 7.37. The van der Waals surface area contributed by atoms with Gasteiger partial charge in [-0.1, -0.05) is 36.4 Å². The average molecular weight is 287 g/mol. The van der Waals surface area contributed by atoms with E-state index in [4.69, 9.17) is 16.3 Å². The van der Waals surface area contributed by atoms with Crippen molar-refractivity contribution in [2.75, 3.05) is 0 Å². The molecule has 0 N–H and O–H groups in total. The Morgan fingerprint density at radius 1 is 1.25 bits per heavy atom. The van der Waals surface area contributed by atoms with Crippen molar-refractivity contribution in [2.24, 2.45) is 0 Å². The Labute approximate surface area is 125 Å². The predicted molar refractivity (Wildman–Crippen MR) is 83.9 cm³/mol. The molecule has 1 nitrogen and oxygen atoms in total. The molecule has 3 rings (SSSR count). The summed E-state index contributed by atoms with van der Waals surface area (Å²) < 4.78 is 6.13. The van der Waals surface area contributed by atoms with E-state index >= 15 is 0 Å². The molecule has 1 aromatic carbocycles. The maximum atomic E-state index is 6.13. The SMILES string of the molecule is C=C1CC(C)(C)OC2=C1[C@@H](c1ccc(Cl)cc1)CC=C2. The molecule has 2 heteroatoms. The molecule has 0 saturated carbocycles. The molecule has 0 aromatic heterocycles. The third kappa shape index (κ3) is 2.43. The Morgan fingerprint density at radius 2 is 1.95 bits per heavy atom. The number of rotatable bonds is 1. The summed E-state index contributed by atoms with van der Waals surface area (Å²) in [6.45, 7) is 8.52. The van der Waals surface area contributed by atoms with Gasteiger partial charge in [-0.15, -0.1) is 0 Å². The van der Waals surface area contributed by atoms with Crippen molar-refractivity contribution in [3.05, 3.63) is 70.5 Å². The van der Waals surface area contributed by atoms with E-state index in [1.54, 1.807) is 0 Å². The van der Waals surface area contributed by atoms with Gasteiger partial charge >= 0.3 is 0 Å². The van der Waals surface area contributed by atoms with Crippen LogP contribution in [0.3, 0.4) is 0 Å². The lowest BCUT2D eigenvalue weighted by Gasteiger charge is -2.39. The van der Waals surface area contributed by atoms with Gasteiger partial charge in [0.05, 0.1) is 0 Å². The molecule has 1 aliphatic heterocycles. The van der Waals surface area contributed by atoms with Gasteiger partial charge in [0.1, 0.15) is 11.4 Å². The topological polar surface area (TPSA) is 9.23 Å². The van der Waals surface area contributed by atoms with Gasteiger partial charge in [-0.2, -0.15) is 0 Å². The van der Waals surface area contributed by atoms with Crippen LogP contribution in [-0.2, 0) is 4.74 Å². The summed E-state index contributed by atoms with van der Waals surface area (Å²) in [5, 5.41) is 0.772. The summed E-state index contributed by atoms with van der Waals surface area (Å²) in [6, 6.07) is 8.10. The van der Waals surface area contributed by atoms with E-state index in [0.29, 0.717) is 5.92 Å². The van der Waals surface area contributed by atoms with Crippen molar-refractivity contribution >= 4 is 11.6 Å². The molecule has 104 valence electrons. The molecule has 0 unspecified atom stereocenters. The van der Waals surface area contributed by atoms with Gasteiger partial charge in [0, 0.05) is 22.9 Å². The first kappa shape index (κ1) is 13.5. The number of allylic oxidation sites excluding steroid dienone is 3. The first-order chi connectivity index (χ1) is 9.46. The lowest BCUT2D eigenvalue weighted by atomic mass is 9.77. The van der Waals surface area contributed by atoms with Crippen LogP contribution in [0.25, 0.3) is 0 Å². The molecule has 0 saturated heterocycles. The van der Waals surface area contributed by atoms with Gasteiger partial charge in [0.15, 0.2) is 0 Å². The zero-order valence-corrected chi connectivity index (χ0v) is 12.7. The normalized spacial score (nSPS) is 24.4. The van der Waals surface area contributed by atoms with Crippen LogP contribution in [0.1, 0.15) is 38.2 Å². The van der Waals surface area contributed by atoms with Gasteiger partial charge in [-0.3, -0.25) is 0 Å². The van der Waals surface area contributed by atoms with E-state index in [0.717, 1.165) is 23.6 Å². The number of ether oxygens (including phenoxy) is 1. The van der Waals surface area contributed by atoms with Gasteiger partial charge in [0.25, 0.3) is 0 Å². The molecule has 0 bridgehead atoms. The highest BCUT2D eigenvalue weighted by Crippen LogP contribution is 2.45. The van der Waals surface area contributed by atoms with E-state index in [9.17, 15) is 0 Å². The Bertz CT molecular complexity index is 605. The Morgan fingerprint density at radius 3 is 2.65 bits per heavy atom. The fourth-order valence-corrected chi connectivity index (χ4v) is 3.27. The smallest absolute Gasteiger partial charge is 0.123 e. The second-order valence-electron chi connectivity index (χ2n) is 6.16. The van der Waals surface area contributed by atoms with Crippen LogP contribution < -0.4 is 0 Å². The molecular formula is C18H19ClO. The standard InChI is InChI=1S/C18H19ClO/c1-12-11-18(2,3)20-16-6-4-5-15(17(12)16)13-7-9-14(19)10-8-13/h4,6-10,15H,1,5,11H2,2-3H3/t15-/m1/s1. The minimum absolute atomic E-state index is 0.165. The number of hydrogen-bond donors (Lipinski definition) is 0. The van der Waals surface area contributed by atoms with Crippen LogP contribution in [0.15, 0.2) is 59.9 Å². The summed E-state index contributed by atoms with van der Waals surface area (Å²) in [6.07, 6.45) is 6.15. The molecule has 2 aliphatic rings. The highest BCUT2D eigenvalue weighted by Gasteiger charge is 2.34. The van der Waals surface area contributed by atoms with Crippen LogP contribution in [0.4, 0.5) is 0 Å². The average Bonchev–Trinajstić information content (AvgIpc) is 2.37. The fraction of sp³-hybridized carbons (Fsp3) is 0.333. The number of halogens is 1. The van der Waals surface area contributed by atoms with Crippen LogP contribution in [-0.4, -0.2) is 5.60 Å². The van der Waals surface area contributed by atoms with Crippen molar-refractivity contribution in [3.8, 4) is 0 Å². The number of benzene rings is 1. The Hall–Kier alpha value is -1.47. The lowest BCUT2D eigenvalue weighted by molar-refractivity contribution is 0.0308. The third-order valence-corrected chi connectivity index (χ3v) is 4.19. The van der Waals surface area contributed by atoms with E-state index in [1.165, 1.54) is 16.7 Å². The minimum atomic E-state index is -0.165. The summed E-state index contributed by atoms with van der Waals surface area (Å²) in [5.74, 6) is 1.31. The van der Waals surface area contributed by atoms with Crippen LogP contribution in [0, 0.1) is 0 Å². The summed E-state index contributed by atoms with van der Waals surface area (Å²) in [4.78, 5) is 0. The summed E-state index contributed by atoms with van der Waals surface area (Å²) in [5.41, 5.74) is 3.56. The summed E-state index contributed by atoms with van der Waals surface area (Å²) in [7, 11) is 0. The highest BCUT2D eigenvalue weighted by atomic mass is 35.5. The second-order valence-corrected chi connectivity index (χ2v) is 6.60. The largest absolute Gasteiger partial charge is 0.487 e. The van der Waals surface area contributed by atoms with E-state index in [-0.39, 0.29) is 5.60 Å². The van der Waals surface area contributed by atoms with E-state index < -0.39 is 0 Å². The molecule has 0 amide bonds. The maximum absolute atomic E-state index is 6.13. The fourth-order valence-electron chi connectivity index (χ4n) is 3.14. The van der Waals surface area contributed by atoms with Crippen molar-refractivity contribution < 1.29 is 4.74 Å². The molecule has 20 heavy (non-hydrogen) atoms. The van der Waals surface area contributed by atoms with E-state index in [2.05, 4.69) is 44.7 Å². The Balaban J connectivity index is 2.02. The molecule has 0 radical (unpaired) electrons. The lowest BCUT2D eigenvalue weighted by Crippen LogP contribution is -2.31. The zero-order chi connectivity index (χ0) is 14.3. The predicted octanol–water partition coefficient (Wildman–Crippen LogP) is 5.39. The van der Waals surface area contributed by atoms with Crippen molar-refractivity contribution in [3.63, 3.8) is 0 Å². The molecular weight excluding hydrogens is 268 g/mol. The second kappa shape index (κ2) is 4.82. The van der Waals surface area contributed by atoms with Crippen LogP contribution in [0.5, 0.6) is 0 Å². The highest BCUT2D eigenvalue weighted by molar-refractivity contribution is 6.30. The van der Waals surface area contributed by atoms with Crippen molar-refractivity contribution in [1.82, 2.24) is 0 Å². The monoisotopic (exact) mass is 286 g/mol. The van der Waals surface area contributed by atoms with Crippen LogP contribution >= 0.6 is 11.6 Å². The van der Waals surface area contributed by atoms with Gasteiger partial charge in [0.2, 0.25) is 0 Å². The van der Waals surface area contributed by atoms with Crippen molar-refractivity contribution in [1.29, 1.82) is 0 Å². The molecule has 1 aliphatic carbocycles. The zero-order valence-electron chi connectivity index (χ0n) is 11.9. The molecule has 1 atom stereocenters. The van der Waals surface area contributed by atoms with Gasteiger partial charge in [-0.25, -0.2) is 0 Å². The third-order valence-electron chi connectivity index (χ3n) is 3.93. The number of hydrogen-bond acceptors (Lipinski definition) is 1. The molecule has 1 heterocycles. The maximum Gasteiger partial charge on any atom is 0.123 e.